The number of nitrogens with two attached hydrogens (primary N) is 1. The van der Waals surface area contributed by atoms with Crippen molar-refractivity contribution >= 4 is 11.9 Å². The van der Waals surface area contributed by atoms with Gasteiger partial charge in [0.05, 0.1) is 13.0 Å². The summed E-state index contributed by atoms with van der Waals surface area (Å²) in [6, 6.07) is 8.85. The van der Waals surface area contributed by atoms with Crippen molar-refractivity contribution < 1.29 is 14.3 Å². The molecule has 2 atom stereocenters. The molecule has 1 amide bonds. The molecule has 0 saturated carbocycles. The third-order valence-electron chi connectivity index (χ3n) is 3.44. The number of carbonyl (C=O) groups is 2. The van der Waals surface area contributed by atoms with Gasteiger partial charge in [-0.3, -0.25) is 4.79 Å². The van der Waals surface area contributed by atoms with Gasteiger partial charge in [0, 0.05) is 0 Å². The fourth-order valence-electron chi connectivity index (χ4n) is 2.07. The lowest BCUT2D eigenvalue weighted by Gasteiger charge is -2.19. The predicted octanol–water partition coefficient (Wildman–Crippen LogP) is 1.58. The number of esters is 1. The Morgan fingerprint density at radius 2 is 1.90 bits per heavy atom. The summed E-state index contributed by atoms with van der Waals surface area (Å²) in [7, 11) is 1.32. The molecule has 0 spiro atoms. The van der Waals surface area contributed by atoms with Crippen molar-refractivity contribution in [2.24, 2.45) is 5.73 Å². The quantitative estimate of drug-likeness (QED) is 0.563. The van der Waals surface area contributed by atoms with Crippen LogP contribution in [0.15, 0.2) is 30.3 Å². The van der Waals surface area contributed by atoms with Crippen LogP contribution in [0.1, 0.15) is 37.7 Å². The van der Waals surface area contributed by atoms with Gasteiger partial charge in [-0.25, -0.2) is 4.79 Å². The van der Waals surface area contributed by atoms with E-state index >= 15 is 0 Å². The normalized spacial score (nSPS) is 13.3. The Balaban J connectivity index is 2.64. The molecular weight excluding hydrogens is 268 g/mol. The smallest absolute Gasteiger partial charge is 0.328 e. The van der Waals surface area contributed by atoms with E-state index in [0.29, 0.717) is 13.0 Å². The Morgan fingerprint density at radius 3 is 2.48 bits per heavy atom. The van der Waals surface area contributed by atoms with E-state index in [0.717, 1.165) is 18.4 Å². The van der Waals surface area contributed by atoms with Crippen LogP contribution in [0, 0.1) is 0 Å². The van der Waals surface area contributed by atoms with E-state index in [1.54, 1.807) is 0 Å². The second-order valence-electron chi connectivity index (χ2n) is 5.00. The van der Waals surface area contributed by atoms with Crippen LogP contribution in [-0.2, 0) is 14.3 Å². The molecule has 0 aromatic heterocycles. The van der Waals surface area contributed by atoms with Crippen molar-refractivity contribution in [3.05, 3.63) is 35.9 Å². The lowest BCUT2D eigenvalue weighted by molar-refractivity contribution is -0.145. The number of nitrogens with one attached hydrogen (secondary N) is 1. The van der Waals surface area contributed by atoms with E-state index in [1.165, 1.54) is 7.11 Å². The van der Waals surface area contributed by atoms with Crippen LogP contribution >= 0.6 is 0 Å². The molecule has 116 valence electrons. The molecule has 1 rings (SSSR count). The second kappa shape index (κ2) is 9.13. The Hall–Kier alpha value is -1.88. The van der Waals surface area contributed by atoms with Crippen LogP contribution < -0.4 is 11.1 Å². The summed E-state index contributed by atoms with van der Waals surface area (Å²) < 4.78 is 4.74. The van der Waals surface area contributed by atoms with Crippen molar-refractivity contribution in [2.75, 3.05) is 13.7 Å². The van der Waals surface area contributed by atoms with Crippen LogP contribution in [0.2, 0.25) is 0 Å². The zero-order valence-corrected chi connectivity index (χ0v) is 12.7. The third kappa shape index (κ3) is 5.55. The number of carbonyl (C=O) groups excluding carboxylic acids is 2. The topological polar surface area (TPSA) is 81.4 Å². The number of amides is 1. The zero-order valence-electron chi connectivity index (χ0n) is 12.7. The highest BCUT2D eigenvalue weighted by Crippen LogP contribution is 2.15. The zero-order chi connectivity index (χ0) is 15.7. The number of ether oxygens (including phenoxy) is 1. The third-order valence-corrected chi connectivity index (χ3v) is 3.44. The lowest BCUT2D eigenvalue weighted by Crippen LogP contribution is -2.43. The van der Waals surface area contributed by atoms with Gasteiger partial charge >= 0.3 is 5.97 Å². The summed E-state index contributed by atoms with van der Waals surface area (Å²) in [4.78, 5) is 24.0. The molecule has 0 heterocycles. The molecule has 0 bridgehead atoms. The van der Waals surface area contributed by atoms with Crippen molar-refractivity contribution in [2.45, 2.75) is 38.1 Å². The van der Waals surface area contributed by atoms with Gasteiger partial charge in [-0.1, -0.05) is 30.3 Å². The highest BCUT2D eigenvalue weighted by atomic mass is 16.5. The number of hydrogen-bond acceptors (Lipinski definition) is 4. The summed E-state index contributed by atoms with van der Waals surface area (Å²) in [5.41, 5.74) is 6.36. The Labute approximate surface area is 125 Å². The fraction of sp³-hybridized carbons (Fsp3) is 0.500. The van der Waals surface area contributed by atoms with E-state index in [-0.39, 0.29) is 11.8 Å². The van der Waals surface area contributed by atoms with Crippen molar-refractivity contribution in [3.8, 4) is 0 Å². The van der Waals surface area contributed by atoms with Gasteiger partial charge in [0.1, 0.15) is 6.04 Å². The molecule has 0 aliphatic rings. The van der Waals surface area contributed by atoms with Gasteiger partial charge in [-0.05, 0) is 38.3 Å². The first-order chi connectivity index (χ1) is 10.1. The molecule has 0 fully saturated rings. The molecule has 0 aliphatic heterocycles. The molecule has 5 heteroatoms. The van der Waals surface area contributed by atoms with Gasteiger partial charge in [0.25, 0.3) is 0 Å². The fourth-order valence-corrected chi connectivity index (χ4v) is 2.07. The molecule has 1 aromatic carbocycles. The highest BCUT2D eigenvalue weighted by molar-refractivity contribution is 5.88. The minimum Gasteiger partial charge on any atom is -0.467 e. The lowest BCUT2D eigenvalue weighted by atomic mass is 9.99. The molecule has 3 N–H and O–H groups in total. The molecule has 0 aliphatic carbocycles. The van der Waals surface area contributed by atoms with Crippen LogP contribution in [0.5, 0.6) is 0 Å². The molecular formula is C16H24N2O3. The first-order valence-corrected chi connectivity index (χ1v) is 7.23. The molecule has 1 unspecified atom stereocenters. The van der Waals surface area contributed by atoms with Crippen LogP contribution in [0.4, 0.5) is 0 Å². The summed E-state index contributed by atoms with van der Waals surface area (Å²) in [5, 5.41) is 2.77. The van der Waals surface area contributed by atoms with Gasteiger partial charge in [-0.15, -0.1) is 0 Å². The van der Waals surface area contributed by atoms with Crippen molar-refractivity contribution in [1.82, 2.24) is 5.32 Å². The van der Waals surface area contributed by atoms with Gasteiger partial charge < -0.3 is 15.8 Å². The van der Waals surface area contributed by atoms with E-state index in [4.69, 9.17) is 10.5 Å². The van der Waals surface area contributed by atoms with E-state index < -0.39 is 12.0 Å². The summed E-state index contributed by atoms with van der Waals surface area (Å²) in [6.45, 7) is 2.39. The van der Waals surface area contributed by atoms with Crippen LogP contribution in [0.25, 0.3) is 0 Å². The Morgan fingerprint density at radius 1 is 1.24 bits per heavy atom. The number of methoxy groups -OCH3 is 1. The van der Waals surface area contributed by atoms with Gasteiger partial charge in [-0.2, -0.15) is 0 Å². The summed E-state index contributed by atoms with van der Waals surface area (Å²) >= 11 is 0. The molecule has 0 radical (unpaired) electrons. The molecule has 1 aromatic rings. The Bertz CT molecular complexity index is 448. The second-order valence-corrected chi connectivity index (χ2v) is 5.00. The molecule has 21 heavy (non-hydrogen) atoms. The number of hydrogen-bond donors (Lipinski definition) is 2. The largest absolute Gasteiger partial charge is 0.467 e. The van der Waals surface area contributed by atoms with Crippen LogP contribution in [-0.4, -0.2) is 31.6 Å². The average molecular weight is 292 g/mol. The minimum absolute atomic E-state index is 0.177. The number of rotatable bonds is 8. The maximum absolute atomic E-state index is 12.3. The van der Waals surface area contributed by atoms with Gasteiger partial charge in [0.2, 0.25) is 5.91 Å². The number of benzene rings is 1. The maximum atomic E-state index is 12.3. The van der Waals surface area contributed by atoms with E-state index in [9.17, 15) is 9.59 Å². The van der Waals surface area contributed by atoms with Crippen molar-refractivity contribution in [3.63, 3.8) is 0 Å². The SMILES string of the molecule is COC(=O)C(CCCCN)NC(=O)[C@H](C)c1ccccc1. The van der Waals surface area contributed by atoms with Crippen LogP contribution in [0.3, 0.4) is 0 Å². The monoisotopic (exact) mass is 292 g/mol. The first kappa shape index (κ1) is 17.2. The standard InChI is InChI=1S/C16H24N2O3/c1-12(13-8-4-3-5-9-13)15(19)18-14(16(20)21-2)10-6-7-11-17/h3-5,8-9,12,14H,6-7,10-11,17H2,1-2H3,(H,18,19)/t12-,14?/m1/s1. The summed E-state index contributed by atoms with van der Waals surface area (Å²) in [6.07, 6.45) is 2.13. The average Bonchev–Trinajstić information content (AvgIpc) is 2.53. The number of unbranched alkanes of at least 4 members (excludes halogenated alkanes) is 1. The Kier molecular flexibility index (Phi) is 7.46. The first-order valence-electron chi connectivity index (χ1n) is 7.23. The maximum Gasteiger partial charge on any atom is 0.328 e. The van der Waals surface area contributed by atoms with E-state index in [1.807, 2.05) is 37.3 Å². The minimum atomic E-state index is -0.611. The van der Waals surface area contributed by atoms with Crippen molar-refractivity contribution in [1.29, 1.82) is 0 Å². The molecule has 5 nitrogen and oxygen atoms in total. The molecule has 0 saturated heterocycles. The summed E-state index contributed by atoms with van der Waals surface area (Å²) in [5.74, 6) is -0.905. The predicted molar refractivity (Wildman–Crippen MR) is 81.7 cm³/mol. The highest BCUT2D eigenvalue weighted by Gasteiger charge is 2.24. The van der Waals surface area contributed by atoms with Gasteiger partial charge in [0.15, 0.2) is 0 Å². The van der Waals surface area contributed by atoms with E-state index in [2.05, 4.69) is 5.32 Å².